The number of carbonyl (C=O) groups is 1. The van der Waals surface area contributed by atoms with Crippen LogP contribution in [0.2, 0.25) is 0 Å². The van der Waals surface area contributed by atoms with E-state index in [4.69, 9.17) is 5.73 Å². The number of nitrogens with two attached hydrogens (primary N) is 1. The maximum absolute atomic E-state index is 11.1. The Hall–Kier alpha value is -0.970. The normalized spacial score (nSPS) is 13.1. The van der Waals surface area contributed by atoms with Gasteiger partial charge in [0, 0.05) is 12.2 Å². The molecular weight excluding hydrogens is 234 g/mol. The highest BCUT2D eigenvalue weighted by Gasteiger charge is 2.18. The molecule has 1 rings (SSSR count). The van der Waals surface area contributed by atoms with Crippen LogP contribution in [0.15, 0.2) is 5.16 Å². The third-order valence-corrected chi connectivity index (χ3v) is 3.76. The van der Waals surface area contributed by atoms with Gasteiger partial charge in [-0.25, -0.2) is 4.98 Å². The van der Waals surface area contributed by atoms with Crippen molar-refractivity contribution in [3.05, 3.63) is 11.4 Å². The minimum absolute atomic E-state index is 0.248. The quantitative estimate of drug-likeness (QED) is 0.820. The lowest BCUT2D eigenvalue weighted by molar-refractivity contribution is -0.117. The minimum atomic E-state index is -0.301. The van der Waals surface area contributed by atoms with Crippen LogP contribution in [0.3, 0.4) is 0 Å². The highest BCUT2D eigenvalue weighted by molar-refractivity contribution is 8.00. The summed E-state index contributed by atoms with van der Waals surface area (Å²) in [5.74, 6) is 0.245. The van der Waals surface area contributed by atoms with Gasteiger partial charge in [-0.15, -0.1) is 0 Å². The van der Waals surface area contributed by atoms with Crippen molar-refractivity contribution in [2.75, 3.05) is 0 Å². The number of aromatic nitrogens is 2. The molecule has 0 spiro atoms. The van der Waals surface area contributed by atoms with Gasteiger partial charge in [-0.2, -0.15) is 0 Å². The number of imidazole rings is 1. The van der Waals surface area contributed by atoms with E-state index in [1.807, 2.05) is 13.8 Å². The van der Waals surface area contributed by atoms with E-state index < -0.39 is 0 Å². The third kappa shape index (κ3) is 3.49. The molecule has 1 atom stereocenters. The molecule has 1 aromatic heterocycles. The number of thioether (sulfide) groups is 1. The van der Waals surface area contributed by atoms with Crippen molar-refractivity contribution in [1.82, 2.24) is 9.55 Å². The number of aryl methyl sites for hydroxylation is 1. The van der Waals surface area contributed by atoms with Gasteiger partial charge in [-0.1, -0.05) is 25.6 Å². The predicted molar refractivity (Wildman–Crippen MR) is 71.1 cm³/mol. The fourth-order valence-corrected chi connectivity index (χ4v) is 2.47. The number of hydrogen-bond donors (Lipinski definition) is 1. The van der Waals surface area contributed by atoms with Crippen molar-refractivity contribution in [2.45, 2.75) is 51.6 Å². The number of carbonyl (C=O) groups excluding carboxylic acids is 1. The first-order valence-corrected chi connectivity index (χ1v) is 6.70. The van der Waals surface area contributed by atoms with Gasteiger partial charge in [0.1, 0.15) is 0 Å². The Balaban J connectivity index is 2.98. The van der Waals surface area contributed by atoms with Crippen molar-refractivity contribution >= 4 is 17.7 Å². The smallest absolute Gasteiger partial charge is 0.230 e. The fourth-order valence-electron chi connectivity index (χ4n) is 1.51. The number of hydrogen-bond acceptors (Lipinski definition) is 3. The van der Waals surface area contributed by atoms with Crippen LogP contribution in [0.25, 0.3) is 0 Å². The molecule has 0 aliphatic rings. The van der Waals surface area contributed by atoms with Crippen LogP contribution in [-0.2, 0) is 11.3 Å². The van der Waals surface area contributed by atoms with Gasteiger partial charge < -0.3 is 10.3 Å². The van der Waals surface area contributed by atoms with E-state index in [9.17, 15) is 4.79 Å². The molecule has 1 aromatic rings. The molecule has 5 heteroatoms. The predicted octanol–water partition coefficient (Wildman–Crippen LogP) is 2.12. The fraction of sp³-hybridized carbons (Fsp3) is 0.667. The minimum Gasteiger partial charge on any atom is -0.369 e. The highest BCUT2D eigenvalue weighted by Crippen LogP contribution is 2.25. The Morgan fingerprint density at radius 3 is 2.47 bits per heavy atom. The van der Waals surface area contributed by atoms with Gasteiger partial charge in [0.15, 0.2) is 5.16 Å². The van der Waals surface area contributed by atoms with Gasteiger partial charge in [0.2, 0.25) is 5.91 Å². The average molecular weight is 255 g/mol. The zero-order chi connectivity index (χ0) is 13.2. The zero-order valence-electron chi connectivity index (χ0n) is 11.2. The first-order valence-electron chi connectivity index (χ1n) is 5.82. The molecule has 0 saturated heterocycles. The molecule has 0 saturated carbocycles. The molecule has 1 unspecified atom stereocenters. The van der Waals surface area contributed by atoms with Crippen LogP contribution in [0, 0.1) is 19.8 Å². The monoisotopic (exact) mass is 255 g/mol. The summed E-state index contributed by atoms with van der Waals surface area (Å²) in [6.45, 7) is 11.1. The molecular formula is C12H21N3OS. The lowest BCUT2D eigenvalue weighted by Gasteiger charge is -2.13. The van der Waals surface area contributed by atoms with Gasteiger partial charge in [-0.05, 0) is 26.7 Å². The van der Waals surface area contributed by atoms with Gasteiger partial charge >= 0.3 is 0 Å². The van der Waals surface area contributed by atoms with Crippen LogP contribution in [-0.4, -0.2) is 20.7 Å². The molecule has 0 aromatic carbocycles. The van der Waals surface area contributed by atoms with Gasteiger partial charge in [0.25, 0.3) is 0 Å². The molecule has 4 nitrogen and oxygen atoms in total. The molecule has 0 fully saturated rings. The number of rotatable bonds is 5. The van der Waals surface area contributed by atoms with Crippen molar-refractivity contribution in [1.29, 1.82) is 0 Å². The summed E-state index contributed by atoms with van der Waals surface area (Å²) in [5, 5.41) is 0.641. The second-order valence-corrected chi connectivity index (χ2v) is 6.04. The largest absolute Gasteiger partial charge is 0.369 e. The van der Waals surface area contributed by atoms with Crippen LogP contribution < -0.4 is 5.73 Å². The Morgan fingerprint density at radius 1 is 1.41 bits per heavy atom. The zero-order valence-corrected chi connectivity index (χ0v) is 12.0. The number of primary amides is 1. The summed E-state index contributed by atoms with van der Waals surface area (Å²) < 4.78 is 2.17. The van der Waals surface area contributed by atoms with Crippen LogP contribution in [0.1, 0.15) is 32.2 Å². The van der Waals surface area contributed by atoms with E-state index in [-0.39, 0.29) is 11.2 Å². The summed E-state index contributed by atoms with van der Waals surface area (Å²) >= 11 is 1.43. The van der Waals surface area contributed by atoms with Crippen LogP contribution >= 0.6 is 11.8 Å². The Labute approximate surface area is 107 Å². The van der Waals surface area contributed by atoms with Gasteiger partial charge in [0.05, 0.1) is 10.9 Å². The molecule has 1 heterocycles. The Kier molecular flexibility index (Phi) is 4.62. The van der Waals surface area contributed by atoms with E-state index >= 15 is 0 Å². The summed E-state index contributed by atoms with van der Waals surface area (Å²) in [6.07, 6.45) is 0. The first kappa shape index (κ1) is 14.1. The maximum atomic E-state index is 11.1. The van der Waals surface area contributed by atoms with E-state index in [1.54, 1.807) is 0 Å². The number of nitrogens with zero attached hydrogens (tertiary/aromatic N) is 2. The molecule has 0 bridgehead atoms. The molecule has 2 N–H and O–H groups in total. The first-order chi connectivity index (χ1) is 7.82. The van der Waals surface area contributed by atoms with Crippen LogP contribution in [0.4, 0.5) is 0 Å². The van der Waals surface area contributed by atoms with Crippen molar-refractivity contribution in [3.8, 4) is 0 Å². The second kappa shape index (κ2) is 5.58. The maximum Gasteiger partial charge on any atom is 0.230 e. The summed E-state index contributed by atoms with van der Waals surface area (Å²) in [5.41, 5.74) is 7.47. The van der Waals surface area contributed by atoms with E-state index in [0.717, 1.165) is 23.1 Å². The van der Waals surface area contributed by atoms with Crippen molar-refractivity contribution in [3.63, 3.8) is 0 Å². The standard InChI is InChI=1S/C12H21N3OS/c1-7(2)6-15-9(4)8(3)14-12(15)17-10(5)11(13)16/h7,10H,6H2,1-5H3,(H2,13,16). The van der Waals surface area contributed by atoms with E-state index in [1.165, 1.54) is 11.8 Å². The average Bonchev–Trinajstić information content (AvgIpc) is 2.45. The van der Waals surface area contributed by atoms with Crippen molar-refractivity contribution < 1.29 is 4.79 Å². The lowest BCUT2D eigenvalue weighted by atomic mass is 10.2. The molecule has 96 valence electrons. The highest BCUT2D eigenvalue weighted by atomic mass is 32.2. The molecule has 0 radical (unpaired) electrons. The van der Waals surface area contributed by atoms with E-state index in [0.29, 0.717) is 5.92 Å². The second-order valence-electron chi connectivity index (χ2n) is 4.73. The topological polar surface area (TPSA) is 60.9 Å². The van der Waals surface area contributed by atoms with Crippen LogP contribution in [0.5, 0.6) is 0 Å². The molecule has 1 amide bonds. The SMILES string of the molecule is Cc1nc(SC(C)C(N)=O)n(CC(C)C)c1C. The molecule has 0 aliphatic heterocycles. The van der Waals surface area contributed by atoms with Crippen molar-refractivity contribution in [2.24, 2.45) is 11.7 Å². The summed E-state index contributed by atoms with van der Waals surface area (Å²) in [4.78, 5) is 15.6. The van der Waals surface area contributed by atoms with E-state index in [2.05, 4.69) is 30.3 Å². The summed E-state index contributed by atoms with van der Waals surface area (Å²) in [6, 6.07) is 0. The molecule has 17 heavy (non-hydrogen) atoms. The Morgan fingerprint density at radius 2 is 2.00 bits per heavy atom. The van der Waals surface area contributed by atoms with Gasteiger partial charge in [-0.3, -0.25) is 4.79 Å². The lowest BCUT2D eigenvalue weighted by Crippen LogP contribution is -2.23. The number of amides is 1. The molecule has 0 aliphatic carbocycles. The Bertz CT molecular complexity index is 412. The summed E-state index contributed by atoms with van der Waals surface area (Å²) in [7, 11) is 0. The third-order valence-electron chi connectivity index (χ3n) is 2.65.